The van der Waals surface area contributed by atoms with Gasteiger partial charge in [0.15, 0.2) is 0 Å². The first kappa shape index (κ1) is 4.85. The summed E-state index contributed by atoms with van der Waals surface area (Å²) in [5.41, 5.74) is 2.57. The van der Waals surface area contributed by atoms with Crippen molar-refractivity contribution in [3.8, 4) is 6.07 Å². The van der Waals surface area contributed by atoms with Crippen LogP contribution in [0.1, 0.15) is 0 Å². The van der Waals surface area contributed by atoms with Gasteiger partial charge in [-0.05, 0) is 6.08 Å². The number of hydrogen-bond acceptors (Lipinski definition) is 3. The molecule has 0 spiro atoms. The highest BCUT2D eigenvalue weighted by Crippen LogP contribution is 1.96. The number of rotatable bonds is 0. The first-order valence-electron chi connectivity index (χ1n) is 2.15. The third-order valence-electron chi connectivity index (χ3n) is 0.745. The van der Waals surface area contributed by atoms with E-state index in [-0.39, 0.29) is 0 Å². The molecule has 0 atom stereocenters. The maximum absolute atomic E-state index is 8.23. The van der Waals surface area contributed by atoms with E-state index >= 15 is 0 Å². The highest BCUT2D eigenvalue weighted by Gasteiger charge is 1.99. The van der Waals surface area contributed by atoms with Crippen molar-refractivity contribution < 1.29 is 0 Å². The van der Waals surface area contributed by atoms with Crippen LogP contribution in [0.5, 0.6) is 0 Å². The molecule has 0 aliphatic carbocycles. The molecule has 1 heterocycles. The van der Waals surface area contributed by atoms with Crippen LogP contribution in [0.3, 0.4) is 0 Å². The number of nitrogens with zero attached hydrogens (tertiary/aromatic N) is 2. The van der Waals surface area contributed by atoms with Crippen LogP contribution in [-0.2, 0) is 0 Å². The number of hydrogen-bond donors (Lipinski definition) is 1. The van der Waals surface area contributed by atoms with E-state index in [0.29, 0.717) is 5.92 Å². The summed E-state index contributed by atoms with van der Waals surface area (Å²) in [6.07, 6.45) is 4.74. The molecule has 1 rings (SSSR count). The Balaban J connectivity index is 2.58. The number of allylic oxidation sites excluding steroid dienone is 1. The Bertz CT molecular complexity index is 151. The highest BCUT2D eigenvalue weighted by molar-refractivity contribution is 5.83. The Morgan fingerprint density at radius 2 is 2.62 bits per heavy atom. The Kier molecular flexibility index (Phi) is 1.29. The van der Waals surface area contributed by atoms with Crippen LogP contribution >= 0.6 is 0 Å². The first-order chi connectivity index (χ1) is 3.93. The largest absolute Gasteiger partial charge is 0.286 e. The Morgan fingerprint density at radius 1 is 1.75 bits per heavy atom. The van der Waals surface area contributed by atoms with E-state index < -0.39 is 0 Å². The second-order valence-corrected chi connectivity index (χ2v) is 1.29. The molecular formula is C5H4N3. The topological polar surface area (TPSA) is 48.2 Å². The third kappa shape index (κ3) is 0.850. The van der Waals surface area contributed by atoms with E-state index in [4.69, 9.17) is 5.26 Å². The van der Waals surface area contributed by atoms with Crippen LogP contribution in [0, 0.1) is 17.2 Å². The quantitative estimate of drug-likeness (QED) is 0.479. The summed E-state index contributed by atoms with van der Waals surface area (Å²) in [5, 5.41) is 11.8. The molecule has 0 unspecified atom stereocenters. The van der Waals surface area contributed by atoms with E-state index in [0.717, 1.165) is 0 Å². The van der Waals surface area contributed by atoms with Gasteiger partial charge in [0, 0.05) is 6.20 Å². The predicted molar refractivity (Wildman–Crippen MR) is 29.6 cm³/mol. The van der Waals surface area contributed by atoms with Crippen LogP contribution in [-0.4, -0.2) is 6.21 Å². The van der Waals surface area contributed by atoms with Gasteiger partial charge in [-0.3, -0.25) is 5.43 Å². The standard InChI is InChI=1S/C5H4N3/c6-3-5-1-2-7-8-4-5/h1-2,4,7H. The molecular weight excluding hydrogens is 102 g/mol. The minimum absolute atomic E-state index is 0.573. The summed E-state index contributed by atoms with van der Waals surface area (Å²) in [6.45, 7) is 0. The van der Waals surface area contributed by atoms with Crippen molar-refractivity contribution in [2.24, 2.45) is 5.10 Å². The minimum atomic E-state index is 0.573. The zero-order chi connectivity index (χ0) is 5.82. The van der Waals surface area contributed by atoms with Crippen molar-refractivity contribution in [1.29, 1.82) is 5.26 Å². The van der Waals surface area contributed by atoms with Gasteiger partial charge in [0.1, 0.15) is 5.92 Å². The molecule has 0 aromatic heterocycles. The van der Waals surface area contributed by atoms with Crippen molar-refractivity contribution in [1.82, 2.24) is 5.43 Å². The smallest absolute Gasteiger partial charge is 0.141 e. The average Bonchev–Trinajstić information content (AvgIpc) is 1.90. The second kappa shape index (κ2) is 2.12. The predicted octanol–water partition coefficient (Wildman–Crippen LogP) is 0.187. The van der Waals surface area contributed by atoms with Gasteiger partial charge in [-0.2, -0.15) is 10.4 Å². The zero-order valence-corrected chi connectivity index (χ0v) is 4.13. The molecule has 0 aromatic carbocycles. The summed E-state index contributed by atoms with van der Waals surface area (Å²) in [5.74, 6) is 0.573. The molecule has 0 saturated carbocycles. The van der Waals surface area contributed by atoms with Crippen molar-refractivity contribution in [2.75, 3.05) is 0 Å². The molecule has 1 N–H and O–H groups in total. The summed E-state index contributed by atoms with van der Waals surface area (Å²) < 4.78 is 0. The lowest BCUT2D eigenvalue weighted by atomic mass is 10.2. The minimum Gasteiger partial charge on any atom is -0.286 e. The van der Waals surface area contributed by atoms with Crippen molar-refractivity contribution in [3.05, 3.63) is 18.2 Å². The number of nitrogens with one attached hydrogen (secondary N) is 1. The van der Waals surface area contributed by atoms with Crippen molar-refractivity contribution >= 4 is 6.21 Å². The van der Waals surface area contributed by atoms with E-state index in [1.165, 1.54) is 6.21 Å². The van der Waals surface area contributed by atoms with Crippen LogP contribution in [0.15, 0.2) is 17.4 Å². The second-order valence-electron chi connectivity index (χ2n) is 1.29. The first-order valence-corrected chi connectivity index (χ1v) is 2.15. The SMILES string of the molecule is N#C[C]1C=CNN=C1. The molecule has 0 aromatic rings. The van der Waals surface area contributed by atoms with Gasteiger partial charge in [0.05, 0.1) is 12.3 Å². The van der Waals surface area contributed by atoms with Crippen LogP contribution in [0.25, 0.3) is 0 Å². The van der Waals surface area contributed by atoms with Gasteiger partial charge in [-0.15, -0.1) is 0 Å². The molecule has 1 radical (unpaired) electrons. The van der Waals surface area contributed by atoms with E-state index in [9.17, 15) is 0 Å². The zero-order valence-electron chi connectivity index (χ0n) is 4.13. The lowest BCUT2D eigenvalue weighted by Gasteiger charge is -1.97. The molecule has 1 aliphatic heterocycles. The molecule has 1 aliphatic rings. The van der Waals surface area contributed by atoms with Gasteiger partial charge in [-0.25, -0.2) is 0 Å². The fourth-order valence-corrected chi connectivity index (χ4v) is 0.386. The normalized spacial score (nSPS) is 17.4. The van der Waals surface area contributed by atoms with Gasteiger partial charge in [-0.1, -0.05) is 0 Å². The molecule has 8 heavy (non-hydrogen) atoms. The molecule has 0 bridgehead atoms. The van der Waals surface area contributed by atoms with E-state index in [1.807, 2.05) is 6.07 Å². The van der Waals surface area contributed by atoms with Crippen molar-refractivity contribution in [2.45, 2.75) is 0 Å². The Labute approximate surface area is 47.3 Å². The van der Waals surface area contributed by atoms with Gasteiger partial charge in [0.2, 0.25) is 0 Å². The molecule has 0 saturated heterocycles. The lowest BCUT2D eigenvalue weighted by Crippen LogP contribution is -2.04. The van der Waals surface area contributed by atoms with E-state index in [2.05, 4.69) is 10.5 Å². The van der Waals surface area contributed by atoms with Crippen LogP contribution in [0.4, 0.5) is 0 Å². The van der Waals surface area contributed by atoms with Crippen LogP contribution in [0.2, 0.25) is 0 Å². The molecule has 0 amide bonds. The van der Waals surface area contributed by atoms with Crippen molar-refractivity contribution in [3.63, 3.8) is 0 Å². The number of nitriles is 1. The molecule has 39 valence electrons. The monoisotopic (exact) mass is 106 g/mol. The summed E-state index contributed by atoms with van der Waals surface area (Å²) in [4.78, 5) is 0. The Morgan fingerprint density at radius 3 is 3.00 bits per heavy atom. The van der Waals surface area contributed by atoms with Crippen LogP contribution < -0.4 is 5.43 Å². The summed E-state index contributed by atoms with van der Waals surface area (Å²) in [6, 6.07) is 1.94. The van der Waals surface area contributed by atoms with E-state index in [1.54, 1.807) is 12.3 Å². The highest BCUT2D eigenvalue weighted by atomic mass is 15.3. The average molecular weight is 106 g/mol. The number of hydrazone groups is 1. The molecule has 3 heteroatoms. The Hall–Kier alpha value is -1.30. The van der Waals surface area contributed by atoms with Gasteiger partial charge in [0.25, 0.3) is 0 Å². The molecule has 0 fully saturated rings. The van der Waals surface area contributed by atoms with Gasteiger partial charge >= 0.3 is 0 Å². The lowest BCUT2D eigenvalue weighted by molar-refractivity contribution is 0.957. The third-order valence-corrected chi connectivity index (χ3v) is 0.745. The summed E-state index contributed by atoms with van der Waals surface area (Å²) >= 11 is 0. The molecule has 3 nitrogen and oxygen atoms in total. The maximum atomic E-state index is 8.23. The van der Waals surface area contributed by atoms with Gasteiger partial charge < -0.3 is 0 Å². The summed E-state index contributed by atoms with van der Waals surface area (Å²) in [7, 11) is 0. The maximum Gasteiger partial charge on any atom is 0.141 e. The fraction of sp³-hybridized carbons (Fsp3) is 0. The fourth-order valence-electron chi connectivity index (χ4n) is 0.386.